The van der Waals surface area contributed by atoms with Crippen LogP contribution in [0.4, 0.5) is 5.69 Å². The second-order valence-electron chi connectivity index (χ2n) is 3.52. The maximum atomic E-state index is 11.9. The van der Waals surface area contributed by atoms with Crippen molar-refractivity contribution in [1.29, 1.82) is 0 Å². The Balaban J connectivity index is 2.79. The average Bonchev–Trinajstić information content (AvgIpc) is 2.27. The van der Waals surface area contributed by atoms with Gasteiger partial charge in [0.2, 0.25) is 0 Å². The summed E-state index contributed by atoms with van der Waals surface area (Å²) in [6.07, 6.45) is 0. The fourth-order valence-electron chi connectivity index (χ4n) is 1.58. The number of aromatic nitrogens is 1. The fourth-order valence-corrected chi connectivity index (χ4v) is 1.80. The number of benzene rings is 1. The zero-order valence-corrected chi connectivity index (χ0v) is 9.53. The number of nitrogen functional groups attached to an aromatic ring is 1. The van der Waals surface area contributed by atoms with Crippen molar-refractivity contribution >= 4 is 17.3 Å². The van der Waals surface area contributed by atoms with Gasteiger partial charge in [-0.25, -0.2) is 0 Å². The van der Waals surface area contributed by atoms with E-state index in [2.05, 4.69) is 0 Å². The van der Waals surface area contributed by atoms with Crippen LogP contribution in [0, 0.1) is 6.92 Å². The molecule has 1 heterocycles. The number of hydrogen-bond acceptors (Lipinski definition) is 2. The van der Waals surface area contributed by atoms with Gasteiger partial charge in [0.1, 0.15) is 0 Å². The standard InChI is InChI=1S/C12H11ClN2O/c1-8-6-7-10(14)12(16)15(8)11-5-3-2-4-9(11)13/h2-7H,14H2,1H3. The molecule has 16 heavy (non-hydrogen) atoms. The van der Waals surface area contributed by atoms with E-state index in [1.54, 1.807) is 24.3 Å². The van der Waals surface area contributed by atoms with Gasteiger partial charge in [0.15, 0.2) is 0 Å². The van der Waals surface area contributed by atoms with Gasteiger partial charge < -0.3 is 5.73 Å². The van der Waals surface area contributed by atoms with Crippen LogP contribution in [0.2, 0.25) is 5.02 Å². The van der Waals surface area contributed by atoms with Crippen molar-refractivity contribution < 1.29 is 0 Å². The van der Waals surface area contributed by atoms with E-state index in [0.29, 0.717) is 10.7 Å². The molecule has 0 saturated carbocycles. The van der Waals surface area contributed by atoms with Crippen LogP contribution >= 0.6 is 11.6 Å². The number of anilines is 1. The summed E-state index contributed by atoms with van der Waals surface area (Å²) in [5.41, 5.74) is 7.02. The minimum atomic E-state index is -0.242. The first-order valence-corrected chi connectivity index (χ1v) is 5.22. The zero-order valence-electron chi connectivity index (χ0n) is 8.77. The van der Waals surface area contributed by atoms with Gasteiger partial charge in [-0.3, -0.25) is 9.36 Å². The Morgan fingerprint density at radius 1 is 1.19 bits per heavy atom. The zero-order chi connectivity index (χ0) is 11.7. The van der Waals surface area contributed by atoms with E-state index < -0.39 is 0 Å². The Hall–Kier alpha value is -1.74. The molecule has 0 fully saturated rings. The highest BCUT2D eigenvalue weighted by Gasteiger charge is 2.08. The minimum Gasteiger partial charge on any atom is -0.394 e. The van der Waals surface area contributed by atoms with E-state index in [-0.39, 0.29) is 11.2 Å². The highest BCUT2D eigenvalue weighted by molar-refractivity contribution is 6.32. The van der Waals surface area contributed by atoms with Gasteiger partial charge in [-0.15, -0.1) is 0 Å². The van der Waals surface area contributed by atoms with Crippen molar-refractivity contribution in [3.8, 4) is 5.69 Å². The third-order valence-electron chi connectivity index (χ3n) is 2.40. The number of nitrogens with zero attached hydrogens (tertiary/aromatic N) is 1. The summed E-state index contributed by atoms with van der Waals surface area (Å²) in [7, 11) is 0. The molecular weight excluding hydrogens is 224 g/mol. The van der Waals surface area contributed by atoms with Gasteiger partial charge in [-0.2, -0.15) is 0 Å². The first-order valence-electron chi connectivity index (χ1n) is 4.84. The van der Waals surface area contributed by atoms with Crippen LogP contribution in [0.3, 0.4) is 0 Å². The second kappa shape index (κ2) is 4.02. The van der Waals surface area contributed by atoms with Crippen molar-refractivity contribution in [2.75, 3.05) is 5.73 Å². The van der Waals surface area contributed by atoms with Crippen LogP contribution in [0.1, 0.15) is 5.69 Å². The summed E-state index contributed by atoms with van der Waals surface area (Å²) < 4.78 is 1.51. The normalized spacial score (nSPS) is 10.4. The number of hydrogen-bond donors (Lipinski definition) is 1. The molecule has 0 aliphatic carbocycles. The predicted molar refractivity (Wildman–Crippen MR) is 66.2 cm³/mol. The Kier molecular flexibility index (Phi) is 2.71. The SMILES string of the molecule is Cc1ccc(N)c(=O)n1-c1ccccc1Cl. The predicted octanol–water partition coefficient (Wildman–Crippen LogP) is 2.38. The van der Waals surface area contributed by atoms with Crippen LogP contribution in [0.5, 0.6) is 0 Å². The van der Waals surface area contributed by atoms with Crippen molar-refractivity contribution in [2.24, 2.45) is 0 Å². The molecule has 0 aliphatic heterocycles. The van der Waals surface area contributed by atoms with Crippen molar-refractivity contribution in [3.63, 3.8) is 0 Å². The van der Waals surface area contributed by atoms with Gasteiger partial charge in [-0.05, 0) is 31.2 Å². The summed E-state index contributed by atoms with van der Waals surface area (Å²) >= 11 is 6.05. The number of para-hydroxylation sites is 1. The molecule has 1 aromatic carbocycles. The smallest absolute Gasteiger partial charge is 0.278 e. The molecule has 0 amide bonds. The van der Waals surface area contributed by atoms with Crippen LogP contribution in [0.15, 0.2) is 41.2 Å². The van der Waals surface area contributed by atoms with Crippen LogP contribution in [-0.4, -0.2) is 4.57 Å². The summed E-state index contributed by atoms with van der Waals surface area (Å²) in [6.45, 7) is 1.84. The highest BCUT2D eigenvalue weighted by Crippen LogP contribution is 2.19. The van der Waals surface area contributed by atoms with Crippen LogP contribution < -0.4 is 11.3 Å². The number of rotatable bonds is 1. The van der Waals surface area contributed by atoms with Gasteiger partial charge in [0.25, 0.3) is 5.56 Å². The van der Waals surface area contributed by atoms with Gasteiger partial charge in [-0.1, -0.05) is 23.7 Å². The van der Waals surface area contributed by atoms with Gasteiger partial charge in [0, 0.05) is 5.69 Å². The maximum absolute atomic E-state index is 11.9. The van der Waals surface area contributed by atoms with E-state index in [0.717, 1.165) is 5.69 Å². The molecule has 0 unspecified atom stereocenters. The monoisotopic (exact) mass is 234 g/mol. The lowest BCUT2D eigenvalue weighted by atomic mass is 10.2. The maximum Gasteiger partial charge on any atom is 0.278 e. The minimum absolute atomic E-state index is 0.213. The second-order valence-corrected chi connectivity index (χ2v) is 3.93. The topological polar surface area (TPSA) is 48.0 Å². The first kappa shape index (κ1) is 10.8. The molecule has 0 saturated heterocycles. The quantitative estimate of drug-likeness (QED) is 0.824. The molecule has 0 spiro atoms. The molecule has 4 heteroatoms. The lowest BCUT2D eigenvalue weighted by Crippen LogP contribution is -2.23. The van der Waals surface area contributed by atoms with E-state index in [9.17, 15) is 4.79 Å². The Morgan fingerprint density at radius 2 is 1.88 bits per heavy atom. The van der Waals surface area contributed by atoms with Crippen LogP contribution in [0.25, 0.3) is 5.69 Å². The van der Waals surface area contributed by atoms with E-state index in [4.69, 9.17) is 17.3 Å². The first-order chi connectivity index (χ1) is 7.61. The molecule has 0 atom stereocenters. The molecule has 2 N–H and O–H groups in total. The molecule has 3 nitrogen and oxygen atoms in total. The third-order valence-corrected chi connectivity index (χ3v) is 2.72. The number of pyridine rings is 1. The summed E-state index contributed by atoms with van der Waals surface area (Å²) in [6, 6.07) is 10.6. The van der Waals surface area contributed by atoms with E-state index in [1.807, 2.05) is 19.1 Å². The van der Waals surface area contributed by atoms with Crippen molar-refractivity contribution in [2.45, 2.75) is 6.92 Å². The van der Waals surface area contributed by atoms with E-state index >= 15 is 0 Å². The molecule has 2 rings (SSSR count). The summed E-state index contributed by atoms with van der Waals surface area (Å²) in [5, 5.41) is 0.526. The average molecular weight is 235 g/mol. The summed E-state index contributed by atoms with van der Waals surface area (Å²) in [5.74, 6) is 0. The molecular formula is C12H11ClN2O. The Morgan fingerprint density at radius 3 is 2.56 bits per heavy atom. The number of halogens is 1. The van der Waals surface area contributed by atoms with E-state index in [1.165, 1.54) is 4.57 Å². The Bertz CT molecular complexity index is 590. The lowest BCUT2D eigenvalue weighted by molar-refractivity contribution is 0.939. The molecule has 82 valence electrons. The summed E-state index contributed by atoms with van der Waals surface area (Å²) in [4.78, 5) is 11.9. The lowest BCUT2D eigenvalue weighted by Gasteiger charge is -2.11. The molecule has 0 radical (unpaired) electrons. The number of aryl methyl sites for hydroxylation is 1. The van der Waals surface area contributed by atoms with Crippen molar-refractivity contribution in [1.82, 2.24) is 4.57 Å². The van der Waals surface area contributed by atoms with Gasteiger partial charge in [0.05, 0.1) is 16.4 Å². The van der Waals surface area contributed by atoms with Crippen molar-refractivity contribution in [3.05, 3.63) is 57.5 Å². The third kappa shape index (κ3) is 1.70. The molecule has 1 aromatic heterocycles. The number of nitrogens with two attached hydrogens (primary N) is 1. The fraction of sp³-hybridized carbons (Fsp3) is 0.0833. The van der Waals surface area contributed by atoms with Crippen LogP contribution in [-0.2, 0) is 0 Å². The molecule has 0 bridgehead atoms. The largest absolute Gasteiger partial charge is 0.394 e. The molecule has 0 aliphatic rings. The highest BCUT2D eigenvalue weighted by atomic mass is 35.5. The van der Waals surface area contributed by atoms with Gasteiger partial charge >= 0.3 is 0 Å². The Labute approximate surface area is 98.1 Å². The molecule has 2 aromatic rings.